The Labute approximate surface area is 323 Å². The molecule has 0 heterocycles. The molecule has 0 aliphatic heterocycles. The van der Waals surface area contributed by atoms with Crippen molar-refractivity contribution in [2.45, 2.75) is 72.7 Å². The molecule has 0 amide bonds. The van der Waals surface area contributed by atoms with Gasteiger partial charge >= 0.3 is 87.9 Å². The van der Waals surface area contributed by atoms with Crippen LogP contribution in [0.2, 0.25) is 0 Å². The molecule has 0 aromatic heterocycles. The monoisotopic (exact) mass is 846 g/mol. The summed E-state index contributed by atoms with van der Waals surface area (Å²) in [5.41, 5.74) is 0. The molecule has 0 unspecified atom stereocenters. The van der Waals surface area contributed by atoms with Gasteiger partial charge in [-0.15, -0.1) is 0 Å². The first-order valence-electron chi connectivity index (χ1n) is 11.6. The SMILES string of the molecule is C=C(F)C=CC.CC(F)(F)C(F)=C(F)F.CCC.CCC.CF.CF.FC(F)=C(F)C(F)(F)F.FC(F)=C(F)C(F)(F)F.FCCF.O.O.[K+].[OH-]. The van der Waals surface area contributed by atoms with Gasteiger partial charge in [0.1, 0.15) is 19.2 Å². The third-order valence-electron chi connectivity index (χ3n) is 1.80. The molecule has 0 saturated carbocycles. The van der Waals surface area contributed by atoms with Gasteiger partial charge in [0, 0.05) is 6.92 Å². The second-order valence-corrected chi connectivity index (χ2v) is 6.35. The maximum Gasteiger partial charge on any atom is 1.00 e. The predicted molar refractivity (Wildman–Crippen MR) is 146 cm³/mol. The van der Waals surface area contributed by atoms with E-state index in [1.54, 1.807) is 13.0 Å². The minimum Gasteiger partial charge on any atom is -0.870 e. The molecule has 0 rings (SSSR count). The Morgan fingerprint density at radius 3 is 0.706 bits per heavy atom. The predicted octanol–water partition coefficient (Wildman–Crippen LogP) is 10.1. The van der Waals surface area contributed by atoms with E-state index in [4.69, 9.17) is 0 Å². The fraction of sp³-hybridized carbons (Fsp3) is 0.600. The summed E-state index contributed by atoms with van der Waals surface area (Å²) in [5.74, 6) is -13.8. The van der Waals surface area contributed by atoms with E-state index in [2.05, 4.69) is 34.3 Å². The summed E-state index contributed by atoms with van der Waals surface area (Å²) in [7, 11) is 1.00. The number of allylic oxidation sites excluding steroid dienone is 6. The normalized spacial score (nSPS) is 8.67. The van der Waals surface area contributed by atoms with Gasteiger partial charge < -0.3 is 16.4 Å². The van der Waals surface area contributed by atoms with Crippen LogP contribution in [-0.4, -0.2) is 62.4 Å². The Kier molecular flexibility index (Phi) is 99.5. The van der Waals surface area contributed by atoms with Crippen molar-refractivity contribution in [1.29, 1.82) is 0 Å². The van der Waals surface area contributed by atoms with Crippen LogP contribution in [0.3, 0.4) is 0 Å². The smallest absolute Gasteiger partial charge is 0.870 e. The fourth-order valence-electron chi connectivity index (χ4n) is 0.561. The minimum atomic E-state index is -5.56. The summed E-state index contributed by atoms with van der Waals surface area (Å²) in [4.78, 5) is 0. The summed E-state index contributed by atoms with van der Waals surface area (Å²) < 4.78 is 237. The van der Waals surface area contributed by atoms with Crippen LogP contribution in [0.15, 0.2) is 60.3 Å². The zero-order chi connectivity index (χ0) is 40.8. The van der Waals surface area contributed by atoms with Crippen LogP contribution < -0.4 is 51.4 Å². The van der Waals surface area contributed by atoms with Gasteiger partial charge in [0.2, 0.25) is 5.83 Å². The van der Waals surface area contributed by atoms with Gasteiger partial charge in [0.15, 0.2) is 0 Å². The summed E-state index contributed by atoms with van der Waals surface area (Å²) in [6.07, 6.45) is -15.4. The van der Waals surface area contributed by atoms with Gasteiger partial charge in [-0.05, 0) is 13.0 Å². The van der Waals surface area contributed by atoms with Crippen molar-refractivity contribution in [1.82, 2.24) is 0 Å². The maximum absolute atomic E-state index is 11.5. The molecule has 3 nitrogen and oxygen atoms in total. The zero-order valence-corrected chi connectivity index (χ0v) is 31.6. The van der Waals surface area contributed by atoms with Crippen molar-refractivity contribution >= 4 is 0 Å². The van der Waals surface area contributed by atoms with Crippen LogP contribution in [0.5, 0.6) is 0 Å². The van der Waals surface area contributed by atoms with Gasteiger partial charge in [0.05, 0.1) is 14.4 Å². The molecule has 0 radical (unpaired) electrons. The molecular weight excluding hydrogens is 805 g/mol. The average molecular weight is 847 g/mol. The molecule has 0 bridgehead atoms. The van der Waals surface area contributed by atoms with Crippen molar-refractivity contribution in [2.24, 2.45) is 0 Å². The first kappa shape index (κ1) is 87.5. The quantitative estimate of drug-likeness (QED) is 0.158. The topological polar surface area (TPSA) is 93.0 Å². The zero-order valence-electron chi connectivity index (χ0n) is 28.5. The van der Waals surface area contributed by atoms with E-state index in [1.807, 2.05) is 0 Å². The molecule has 0 aromatic carbocycles. The molecule has 0 aromatic rings. The van der Waals surface area contributed by atoms with Crippen LogP contribution in [-0.2, 0) is 0 Å². The van der Waals surface area contributed by atoms with E-state index >= 15 is 0 Å². The number of hydrogen-bond acceptors (Lipinski definition) is 1. The summed E-state index contributed by atoms with van der Waals surface area (Å²) >= 11 is 0. The van der Waals surface area contributed by atoms with Gasteiger partial charge in [0.25, 0.3) is 11.7 Å². The first-order valence-corrected chi connectivity index (χ1v) is 11.6. The van der Waals surface area contributed by atoms with E-state index in [0.717, 1.165) is 0 Å². The van der Waals surface area contributed by atoms with E-state index < -0.39 is 73.2 Å². The van der Waals surface area contributed by atoms with E-state index in [1.165, 1.54) is 18.9 Å². The Morgan fingerprint density at radius 2 is 0.706 bits per heavy atom. The number of alkyl halides is 12. The van der Waals surface area contributed by atoms with Crippen LogP contribution in [0.25, 0.3) is 0 Å². The van der Waals surface area contributed by atoms with Gasteiger partial charge in [-0.25, -0.2) is 13.2 Å². The summed E-state index contributed by atoms with van der Waals surface area (Å²) in [6.45, 7) is 11.6. The molecule has 0 saturated heterocycles. The van der Waals surface area contributed by atoms with Crippen LogP contribution >= 0.6 is 0 Å². The fourth-order valence-corrected chi connectivity index (χ4v) is 0.561. The summed E-state index contributed by atoms with van der Waals surface area (Å²) in [5, 5.41) is 0. The van der Waals surface area contributed by atoms with Crippen molar-refractivity contribution in [2.75, 3.05) is 27.7 Å². The Bertz CT molecular complexity index is 711. The van der Waals surface area contributed by atoms with E-state index in [0.29, 0.717) is 14.4 Å². The molecule has 0 atom stereocenters. The third-order valence-corrected chi connectivity index (χ3v) is 1.80. The standard InChI is InChI=1S/C5H7F.C4H3F5.2C3F6.2C3H8.C2H4F2.2CH3F.K.3H2O/c1-3-4-5(2)6;1-4(8,9)2(5)3(6)7;2*4-1(2(5)6)3(7,8)9;2*1-3-2;3-1-2-4;2*1-2;;;;/h3-4H,2H2,1H3;1H3;;;2*3H2,1-2H3;1-2H2;2*1H3;;3*1H2/q;;;;;;;;;+1;;;/p-1. The molecule has 0 aliphatic rings. The Balaban J connectivity index is -0.0000000301. The molecule has 314 valence electrons. The third kappa shape index (κ3) is 99.3. The Morgan fingerprint density at radius 1 is 0.529 bits per heavy atom. The first-order chi connectivity index (χ1) is 21.1. The molecule has 5 N–H and O–H groups in total. The molecule has 0 spiro atoms. The second kappa shape index (κ2) is 58.0. The summed E-state index contributed by atoms with van der Waals surface area (Å²) in [6, 6.07) is 0. The Hall–Kier alpha value is -1.32. The molecule has 26 heteroatoms. The minimum absolute atomic E-state index is 0. The average Bonchev–Trinajstić information content (AvgIpc) is 2.94. The maximum atomic E-state index is 11.5. The van der Waals surface area contributed by atoms with Crippen molar-refractivity contribution in [3.63, 3.8) is 0 Å². The number of hydrogen-bond donors (Lipinski definition) is 0. The van der Waals surface area contributed by atoms with Crippen LogP contribution in [0.1, 0.15) is 54.4 Å². The van der Waals surface area contributed by atoms with Crippen molar-refractivity contribution in [3.05, 3.63) is 60.3 Å². The number of halogens is 22. The van der Waals surface area contributed by atoms with Gasteiger partial charge in [-0.3, -0.25) is 8.78 Å². The van der Waals surface area contributed by atoms with Crippen molar-refractivity contribution < 1.29 is 164 Å². The molecular formula is C25H41F22KO3. The van der Waals surface area contributed by atoms with Crippen LogP contribution in [0, 0.1) is 0 Å². The molecule has 0 fully saturated rings. The van der Waals surface area contributed by atoms with E-state index in [-0.39, 0.29) is 74.7 Å². The largest absolute Gasteiger partial charge is 1.00 e. The van der Waals surface area contributed by atoms with Crippen molar-refractivity contribution in [3.8, 4) is 0 Å². The molecule has 0 aliphatic carbocycles. The number of rotatable bonds is 3. The second-order valence-electron chi connectivity index (χ2n) is 6.35. The van der Waals surface area contributed by atoms with E-state index in [9.17, 15) is 96.6 Å². The van der Waals surface area contributed by atoms with Crippen LogP contribution in [0.4, 0.5) is 96.6 Å². The molecule has 51 heavy (non-hydrogen) atoms. The van der Waals surface area contributed by atoms with Gasteiger partial charge in [-0.2, -0.15) is 74.6 Å². The van der Waals surface area contributed by atoms with Gasteiger partial charge in [-0.1, -0.05) is 53.2 Å².